The zero-order chi connectivity index (χ0) is 11.5. The topological polar surface area (TPSA) is 36.4 Å². The largest absolute Gasteiger partial charge is 0.336 e. The first-order chi connectivity index (χ1) is 7.68. The molecule has 1 aromatic heterocycles. The molecule has 0 aliphatic carbocycles. The Hall–Kier alpha value is -1.49. The smallest absolute Gasteiger partial charge is 0.257 e. The summed E-state index contributed by atoms with van der Waals surface area (Å²) < 4.78 is 13.4. The Bertz CT molecular complexity index is 389. The van der Waals surface area contributed by atoms with Crippen LogP contribution in [0.15, 0.2) is 18.5 Å². The average Bonchev–Trinajstić information content (AvgIpc) is 2.30. The number of hydrogen-bond acceptors (Lipinski definition) is 3. The quantitative estimate of drug-likeness (QED) is 0.700. The maximum absolute atomic E-state index is 13.4. The van der Waals surface area contributed by atoms with E-state index in [0.717, 1.165) is 19.3 Å². The second kappa shape index (κ2) is 4.57. The van der Waals surface area contributed by atoms with Crippen LogP contribution in [0.1, 0.15) is 10.4 Å². The number of carbonyl (C=O) groups is 1. The molecule has 1 aromatic rings. The van der Waals surface area contributed by atoms with Crippen LogP contribution in [0.5, 0.6) is 0 Å². The summed E-state index contributed by atoms with van der Waals surface area (Å²) in [5, 5.41) is 0. The zero-order valence-electron chi connectivity index (χ0n) is 9.19. The van der Waals surface area contributed by atoms with E-state index in [2.05, 4.69) is 9.88 Å². The highest BCUT2D eigenvalue weighted by Gasteiger charge is 2.22. The lowest BCUT2D eigenvalue weighted by atomic mass is 10.2. The third-order valence-electron chi connectivity index (χ3n) is 2.79. The Morgan fingerprint density at radius 1 is 1.38 bits per heavy atom. The molecule has 1 saturated heterocycles. The highest BCUT2D eigenvalue weighted by Crippen LogP contribution is 2.10. The van der Waals surface area contributed by atoms with Crippen molar-refractivity contribution in [3.8, 4) is 0 Å². The Morgan fingerprint density at radius 2 is 2.06 bits per heavy atom. The van der Waals surface area contributed by atoms with E-state index in [1.165, 1.54) is 12.3 Å². The van der Waals surface area contributed by atoms with E-state index in [0.29, 0.717) is 13.1 Å². The predicted octanol–water partition coefficient (Wildman–Crippen LogP) is 0.608. The fourth-order valence-corrected chi connectivity index (χ4v) is 1.73. The van der Waals surface area contributed by atoms with Gasteiger partial charge in [-0.25, -0.2) is 4.39 Å². The first-order valence-corrected chi connectivity index (χ1v) is 5.26. The number of halogens is 1. The summed E-state index contributed by atoms with van der Waals surface area (Å²) in [5.74, 6) is -0.792. The second-order valence-corrected chi connectivity index (χ2v) is 3.95. The van der Waals surface area contributed by atoms with Crippen LogP contribution in [-0.4, -0.2) is 53.9 Å². The van der Waals surface area contributed by atoms with Crippen LogP contribution in [0.3, 0.4) is 0 Å². The van der Waals surface area contributed by atoms with Gasteiger partial charge in [0.2, 0.25) is 0 Å². The van der Waals surface area contributed by atoms with E-state index < -0.39 is 5.82 Å². The van der Waals surface area contributed by atoms with Crippen LogP contribution < -0.4 is 0 Å². The van der Waals surface area contributed by atoms with E-state index in [-0.39, 0.29) is 11.5 Å². The molecule has 0 N–H and O–H groups in total. The fraction of sp³-hybridized carbons (Fsp3) is 0.455. The molecule has 0 atom stereocenters. The van der Waals surface area contributed by atoms with Crippen molar-refractivity contribution in [3.63, 3.8) is 0 Å². The lowest BCUT2D eigenvalue weighted by Crippen LogP contribution is -2.47. The van der Waals surface area contributed by atoms with E-state index in [1.54, 1.807) is 4.90 Å². The second-order valence-electron chi connectivity index (χ2n) is 3.95. The minimum Gasteiger partial charge on any atom is -0.336 e. The van der Waals surface area contributed by atoms with Gasteiger partial charge < -0.3 is 9.80 Å². The van der Waals surface area contributed by atoms with E-state index >= 15 is 0 Å². The number of pyridine rings is 1. The van der Waals surface area contributed by atoms with Crippen molar-refractivity contribution in [2.24, 2.45) is 0 Å². The van der Waals surface area contributed by atoms with Gasteiger partial charge in [0.25, 0.3) is 5.91 Å². The predicted molar refractivity (Wildman–Crippen MR) is 57.6 cm³/mol. The van der Waals surface area contributed by atoms with Crippen LogP contribution in [0.2, 0.25) is 0 Å². The normalized spacial score (nSPS) is 17.5. The van der Waals surface area contributed by atoms with Gasteiger partial charge in [-0.3, -0.25) is 9.78 Å². The number of piperazine rings is 1. The van der Waals surface area contributed by atoms with Crippen molar-refractivity contribution in [1.82, 2.24) is 14.8 Å². The van der Waals surface area contributed by atoms with Gasteiger partial charge in [-0.2, -0.15) is 0 Å². The Morgan fingerprint density at radius 3 is 2.69 bits per heavy atom. The van der Waals surface area contributed by atoms with E-state index in [4.69, 9.17) is 0 Å². The molecule has 0 aromatic carbocycles. The molecule has 1 aliphatic heterocycles. The van der Waals surface area contributed by atoms with Crippen molar-refractivity contribution in [2.75, 3.05) is 33.2 Å². The Kier molecular flexibility index (Phi) is 3.14. The van der Waals surface area contributed by atoms with Crippen LogP contribution in [0, 0.1) is 5.82 Å². The lowest BCUT2D eigenvalue weighted by Gasteiger charge is -2.32. The number of aromatic nitrogens is 1. The van der Waals surface area contributed by atoms with Crippen molar-refractivity contribution < 1.29 is 9.18 Å². The van der Waals surface area contributed by atoms with Gasteiger partial charge in [-0.05, 0) is 13.1 Å². The summed E-state index contributed by atoms with van der Waals surface area (Å²) in [6.45, 7) is 2.96. The molecule has 0 radical (unpaired) electrons. The molecule has 86 valence electrons. The number of likely N-dealkylation sites (N-methyl/N-ethyl adjacent to an activating group) is 1. The standard InChI is InChI=1S/C11H14FN3O/c1-14-4-6-15(7-5-14)11(16)9-2-3-13-8-10(9)12/h2-3,8H,4-7H2,1H3. The number of hydrogen-bond donors (Lipinski definition) is 0. The van der Waals surface area contributed by atoms with Gasteiger partial charge in [0.05, 0.1) is 11.8 Å². The zero-order valence-corrected chi connectivity index (χ0v) is 9.19. The van der Waals surface area contributed by atoms with Gasteiger partial charge in [-0.15, -0.1) is 0 Å². The summed E-state index contributed by atoms with van der Waals surface area (Å²) >= 11 is 0. The molecular weight excluding hydrogens is 209 g/mol. The third kappa shape index (κ3) is 2.19. The summed E-state index contributed by atoms with van der Waals surface area (Å²) in [5.41, 5.74) is 0.111. The molecule has 2 heterocycles. The molecule has 0 unspecified atom stereocenters. The first kappa shape index (κ1) is 11.0. The lowest BCUT2D eigenvalue weighted by molar-refractivity contribution is 0.0659. The molecule has 16 heavy (non-hydrogen) atoms. The van der Waals surface area contributed by atoms with Crippen LogP contribution in [-0.2, 0) is 0 Å². The van der Waals surface area contributed by atoms with Crippen molar-refractivity contribution in [1.29, 1.82) is 0 Å². The highest BCUT2D eigenvalue weighted by atomic mass is 19.1. The van der Waals surface area contributed by atoms with Gasteiger partial charge in [0.15, 0.2) is 5.82 Å². The van der Waals surface area contributed by atoms with Gasteiger partial charge in [0.1, 0.15) is 0 Å². The third-order valence-corrected chi connectivity index (χ3v) is 2.79. The van der Waals surface area contributed by atoms with Gasteiger partial charge in [-0.1, -0.05) is 0 Å². The summed E-state index contributed by atoms with van der Waals surface area (Å²) in [7, 11) is 2.01. The molecule has 1 fully saturated rings. The molecular formula is C11H14FN3O. The number of carbonyl (C=O) groups excluding carboxylic acids is 1. The number of rotatable bonds is 1. The first-order valence-electron chi connectivity index (χ1n) is 5.26. The van der Waals surface area contributed by atoms with E-state index in [9.17, 15) is 9.18 Å². The monoisotopic (exact) mass is 223 g/mol. The Balaban J connectivity index is 2.11. The molecule has 4 nitrogen and oxygen atoms in total. The molecule has 0 saturated carbocycles. The van der Waals surface area contributed by atoms with Gasteiger partial charge >= 0.3 is 0 Å². The van der Waals surface area contributed by atoms with Crippen molar-refractivity contribution in [2.45, 2.75) is 0 Å². The molecule has 5 heteroatoms. The summed E-state index contributed by atoms with van der Waals surface area (Å²) in [4.78, 5) is 19.4. The molecule has 0 spiro atoms. The van der Waals surface area contributed by atoms with Crippen molar-refractivity contribution in [3.05, 3.63) is 29.8 Å². The van der Waals surface area contributed by atoms with Gasteiger partial charge in [0, 0.05) is 32.4 Å². The van der Waals surface area contributed by atoms with Crippen LogP contribution in [0.25, 0.3) is 0 Å². The summed E-state index contributed by atoms with van der Waals surface area (Å²) in [6, 6.07) is 1.43. The average molecular weight is 223 g/mol. The fourth-order valence-electron chi connectivity index (χ4n) is 1.73. The maximum atomic E-state index is 13.4. The molecule has 1 amide bonds. The van der Waals surface area contributed by atoms with Crippen molar-refractivity contribution >= 4 is 5.91 Å². The minimum absolute atomic E-state index is 0.111. The number of amides is 1. The SMILES string of the molecule is CN1CCN(C(=O)c2ccncc2F)CC1. The van der Waals surface area contributed by atoms with Crippen LogP contribution in [0.4, 0.5) is 4.39 Å². The molecule has 0 bridgehead atoms. The number of nitrogens with zero attached hydrogens (tertiary/aromatic N) is 3. The Labute approximate surface area is 93.7 Å². The maximum Gasteiger partial charge on any atom is 0.257 e. The molecule has 1 aliphatic rings. The van der Waals surface area contributed by atoms with Crippen LogP contribution >= 0.6 is 0 Å². The highest BCUT2D eigenvalue weighted by molar-refractivity contribution is 5.94. The molecule has 2 rings (SSSR count). The minimum atomic E-state index is -0.550. The van der Waals surface area contributed by atoms with E-state index in [1.807, 2.05) is 7.05 Å². The summed E-state index contributed by atoms with van der Waals surface area (Å²) in [6.07, 6.45) is 2.51.